The summed E-state index contributed by atoms with van der Waals surface area (Å²) < 4.78 is 0. The quantitative estimate of drug-likeness (QED) is 0.539. The number of nitrogens with one attached hydrogen (secondary N) is 2. The third-order valence-corrected chi connectivity index (χ3v) is 3.03. The zero-order valence-electron chi connectivity index (χ0n) is 11.4. The highest BCUT2D eigenvalue weighted by atomic mass is 16.2. The van der Waals surface area contributed by atoms with E-state index in [0.717, 1.165) is 32.6 Å². The van der Waals surface area contributed by atoms with Crippen LogP contribution in [-0.4, -0.2) is 75.0 Å². The maximum atomic E-state index is 11.4. The topological polar surface area (TPSA) is 64.7 Å². The number of nitrogens with zero attached hydrogens (tertiary/aromatic N) is 2. The summed E-state index contributed by atoms with van der Waals surface area (Å²) in [4.78, 5) is 27.3. The second-order valence-corrected chi connectivity index (χ2v) is 4.84. The van der Waals surface area contributed by atoms with Crippen molar-refractivity contribution in [1.82, 2.24) is 20.4 Å². The molecule has 1 saturated heterocycles. The van der Waals surface area contributed by atoms with Gasteiger partial charge in [-0.2, -0.15) is 0 Å². The van der Waals surface area contributed by atoms with Crippen LogP contribution >= 0.6 is 0 Å². The van der Waals surface area contributed by atoms with Crippen molar-refractivity contribution in [3.05, 3.63) is 0 Å². The van der Waals surface area contributed by atoms with Crippen LogP contribution in [0.5, 0.6) is 0 Å². The van der Waals surface area contributed by atoms with E-state index >= 15 is 0 Å². The van der Waals surface area contributed by atoms with E-state index in [1.54, 1.807) is 0 Å². The number of amides is 2. The number of hydrogen-bond donors (Lipinski definition) is 2. The molecule has 0 atom stereocenters. The fourth-order valence-electron chi connectivity index (χ4n) is 1.88. The smallest absolute Gasteiger partial charge is 0.229 e. The van der Waals surface area contributed by atoms with Gasteiger partial charge in [-0.15, -0.1) is 0 Å². The first kappa shape index (κ1) is 14.9. The summed E-state index contributed by atoms with van der Waals surface area (Å²) in [6.45, 7) is 4.87. The highest BCUT2D eigenvalue weighted by Gasteiger charge is 2.10. The Labute approximate surface area is 109 Å². The van der Waals surface area contributed by atoms with Crippen LogP contribution in [0.4, 0.5) is 0 Å². The molecule has 0 aromatic heterocycles. The van der Waals surface area contributed by atoms with E-state index in [-0.39, 0.29) is 18.2 Å². The van der Waals surface area contributed by atoms with Crippen molar-refractivity contribution in [2.24, 2.45) is 0 Å². The Bertz CT molecular complexity index is 257. The first-order valence-corrected chi connectivity index (χ1v) is 6.48. The molecule has 0 aromatic rings. The molecule has 0 bridgehead atoms. The zero-order chi connectivity index (χ0) is 13.4. The summed E-state index contributed by atoms with van der Waals surface area (Å²) in [6.07, 6.45) is 1.02. The molecule has 1 rings (SSSR count). The Hall–Kier alpha value is -1.14. The third-order valence-electron chi connectivity index (χ3n) is 3.03. The van der Waals surface area contributed by atoms with Gasteiger partial charge < -0.3 is 20.4 Å². The predicted molar refractivity (Wildman–Crippen MR) is 70.2 cm³/mol. The molecule has 2 amide bonds. The average molecular weight is 256 g/mol. The standard InChI is InChI=1S/C12H24N4O2/c1-15-6-3-7-16(2)9-5-14-12(18)10-11(17)13-4-8-15/h3-10H2,1-2H3,(H,13,17)(H,14,18). The highest BCUT2D eigenvalue weighted by molar-refractivity contribution is 5.96. The van der Waals surface area contributed by atoms with Gasteiger partial charge in [-0.05, 0) is 33.6 Å². The first-order chi connectivity index (χ1) is 8.58. The van der Waals surface area contributed by atoms with E-state index in [1.165, 1.54) is 0 Å². The first-order valence-electron chi connectivity index (χ1n) is 6.48. The van der Waals surface area contributed by atoms with Gasteiger partial charge in [-0.25, -0.2) is 0 Å². The minimum absolute atomic E-state index is 0.0760. The number of likely N-dealkylation sites (N-methyl/N-ethyl adjacent to an activating group) is 2. The van der Waals surface area contributed by atoms with Crippen LogP contribution in [-0.2, 0) is 9.59 Å². The number of hydrogen-bond acceptors (Lipinski definition) is 4. The molecule has 0 spiro atoms. The van der Waals surface area contributed by atoms with Gasteiger partial charge in [0.2, 0.25) is 11.8 Å². The van der Waals surface area contributed by atoms with E-state index in [4.69, 9.17) is 0 Å². The molecule has 0 aromatic carbocycles. The molecule has 0 unspecified atom stereocenters. The highest BCUT2D eigenvalue weighted by Crippen LogP contribution is 1.92. The summed E-state index contributed by atoms with van der Waals surface area (Å²) in [7, 11) is 4.09. The summed E-state index contributed by atoms with van der Waals surface area (Å²) in [6, 6.07) is 0. The van der Waals surface area contributed by atoms with Crippen molar-refractivity contribution >= 4 is 11.8 Å². The van der Waals surface area contributed by atoms with E-state index in [9.17, 15) is 9.59 Å². The second-order valence-electron chi connectivity index (χ2n) is 4.84. The molecular formula is C12H24N4O2. The van der Waals surface area contributed by atoms with E-state index in [2.05, 4.69) is 20.4 Å². The Morgan fingerprint density at radius 3 is 1.72 bits per heavy atom. The maximum absolute atomic E-state index is 11.4. The molecule has 0 radical (unpaired) electrons. The molecule has 6 heteroatoms. The summed E-state index contributed by atoms with van der Waals surface area (Å²) in [5, 5.41) is 5.51. The van der Waals surface area contributed by atoms with Gasteiger partial charge in [0.25, 0.3) is 0 Å². The van der Waals surface area contributed by atoms with Gasteiger partial charge in [-0.1, -0.05) is 0 Å². The van der Waals surface area contributed by atoms with Crippen LogP contribution in [0.1, 0.15) is 12.8 Å². The van der Waals surface area contributed by atoms with Gasteiger partial charge in [0.1, 0.15) is 6.42 Å². The third kappa shape index (κ3) is 6.56. The van der Waals surface area contributed by atoms with Crippen molar-refractivity contribution in [3.63, 3.8) is 0 Å². The molecule has 2 N–H and O–H groups in total. The van der Waals surface area contributed by atoms with Gasteiger partial charge >= 0.3 is 0 Å². The molecule has 18 heavy (non-hydrogen) atoms. The molecule has 0 saturated carbocycles. The lowest BCUT2D eigenvalue weighted by Gasteiger charge is -2.21. The van der Waals surface area contributed by atoms with Crippen molar-refractivity contribution in [3.8, 4) is 0 Å². The molecule has 0 aliphatic carbocycles. The molecule has 6 nitrogen and oxygen atoms in total. The van der Waals surface area contributed by atoms with Crippen LogP contribution in [0.3, 0.4) is 0 Å². The van der Waals surface area contributed by atoms with Crippen LogP contribution < -0.4 is 10.6 Å². The van der Waals surface area contributed by atoms with Crippen LogP contribution in [0.2, 0.25) is 0 Å². The lowest BCUT2D eigenvalue weighted by atomic mass is 10.3. The van der Waals surface area contributed by atoms with Gasteiger partial charge in [-0.3, -0.25) is 9.59 Å². The number of carbonyl (C=O) groups excluding carboxylic acids is 2. The Morgan fingerprint density at radius 1 is 0.833 bits per heavy atom. The van der Waals surface area contributed by atoms with E-state index < -0.39 is 0 Å². The number of rotatable bonds is 0. The van der Waals surface area contributed by atoms with Gasteiger partial charge in [0.05, 0.1) is 0 Å². The fourth-order valence-corrected chi connectivity index (χ4v) is 1.88. The summed E-state index contributed by atoms with van der Waals surface area (Å²) in [5.74, 6) is -0.405. The van der Waals surface area contributed by atoms with Crippen molar-refractivity contribution in [2.75, 3.05) is 53.4 Å². The molecule has 1 heterocycles. The van der Waals surface area contributed by atoms with Crippen LogP contribution in [0.25, 0.3) is 0 Å². The summed E-state index contributed by atoms with van der Waals surface area (Å²) in [5.41, 5.74) is 0. The largest absolute Gasteiger partial charge is 0.354 e. The van der Waals surface area contributed by atoms with Gasteiger partial charge in [0.15, 0.2) is 0 Å². The monoisotopic (exact) mass is 256 g/mol. The lowest BCUT2D eigenvalue weighted by molar-refractivity contribution is -0.129. The van der Waals surface area contributed by atoms with Gasteiger partial charge in [0, 0.05) is 26.2 Å². The Kier molecular flexibility index (Phi) is 6.67. The number of carbonyl (C=O) groups is 2. The lowest BCUT2D eigenvalue weighted by Crippen LogP contribution is -2.39. The van der Waals surface area contributed by atoms with E-state index in [1.807, 2.05) is 14.1 Å². The molecular weight excluding hydrogens is 232 g/mol. The minimum atomic E-state index is -0.202. The maximum Gasteiger partial charge on any atom is 0.229 e. The zero-order valence-corrected chi connectivity index (χ0v) is 11.4. The van der Waals surface area contributed by atoms with E-state index in [0.29, 0.717) is 13.1 Å². The minimum Gasteiger partial charge on any atom is -0.354 e. The molecule has 1 fully saturated rings. The fraction of sp³-hybridized carbons (Fsp3) is 0.833. The van der Waals surface area contributed by atoms with Crippen molar-refractivity contribution in [1.29, 1.82) is 0 Å². The normalized spacial score (nSPS) is 23.0. The van der Waals surface area contributed by atoms with Crippen LogP contribution in [0, 0.1) is 0 Å². The molecule has 104 valence electrons. The van der Waals surface area contributed by atoms with Crippen LogP contribution in [0.15, 0.2) is 0 Å². The van der Waals surface area contributed by atoms with Crippen molar-refractivity contribution < 1.29 is 9.59 Å². The van der Waals surface area contributed by atoms with Crippen molar-refractivity contribution in [2.45, 2.75) is 12.8 Å². The Balaban J connectivity index is 2.42. The molecule has 1 aliphatic rings. The second kappa shape index (κ2) is 8.05. The Morgan fingerprint density at radius 2 is 1.28 bits per heavy atom. The average Bonchev–Trinajstić information content (AvgIpc) is 2.27. The molecule has 1 aliphatic heterocycles. The summed E-state index contributed by atoms with van der Waals surface area (Å²) >= 11 is 0. The predicted octanol–water partition coefficient (Wildman–Crippen LogP) is -1.12. The SMILES string of the molecule is CN1CCCN(C)CCNC(=O)CC(=O)NCC1.